The lowest BCUT2D eigenvalue weighted by molar-refractivity contribution is -0.137. The van der Waals surface area contributed by atoms with E-state index in [1.54, 1.807) is 0 Å². The van der Waals surface area contributed by atoms with Crippen LogP contribution in [0.2, 0.25) is 0 Å². The van der Waals surface area contributed by atoms with Gasteiger partial charge in [0.05, 0.1) is 12.5 Å². The molecule has 1 unspecified atom stereocenters. The lowest BCUT2D eigenvalue weighted by Crippen LogP contribution is -2.32. The molecule has 0 bridgehead atoms. The number of carboxylic acids is 2. The fraction of sp³-hybridized carbons (Fsp3) is 0.133. The van der Waals surface area contributed by atoms with Gasteiger partial charge in [0.25, 0.3) is 5.91 Å². The van der Waals surface area contributed by atoms with Crippen molar-refractivity contribution in [2.24, 2.45) is 0 Å². The Balaban J connectivity index is 2.31. The zero-order valence-corrected chi connectivity index (χ0v) is 12.1. The van der Waals surface area contributed by atoms with Crippen LogP contribution in [0.4, 0.5) is 4.39 Å². The quantitative estimate of drug-likeness (QED) is 0.725. The number of aliphatic carboxylic acids is 1. The van der Waals surface area contributed by atoms with E-state index in [-0.39, 0.29) is 5.56 Å². The Hall–Kier alpha value is -3.36. The largest absolute Gasteiger partial charge is 0.481 e. The third-order valence-corrected chi connectivity index (χ3v) is 3.05. The Morgan fingerprint density at radius 3 is 2.38 bits per heavy atom. The number of carboxylic acid groups (broad SMARTS) is 2. The summed E-state index contributed by atoms with van der Waals surface area (Å²) >= 11 is 0. The van der Waals surface area contributed by atoms with Crippen LogP contribution < -0.4 is 5.32 Å². The van der Waals surface area contributed by atoms with Crippen LogP contribution in [0.3, 0.4) is 0 Å². The van der Waals surface area contributed by atoms with Crippen LogP contribution in [0.1, 0.15) is 39.0 Å². The van der Waals surface area contributed by atoms with Crippen LogP contribution in [-0.4, -0.2) is 38.0 Å². The molecule has 1 aromatic carbocycles. The standard InChI is InChI=1S/C15H12FN3O5/c16-9-3-1-2-8(6-9)10(7-11(20)21)19-14(22)12-13(15(23)24)18-5-4-17-12/h1-6,10H,7H2,(H,19,22)(H,20,21)(H,23,24). The van der Waals surface area contributed by atoms with Crippen LogP contribution in [0, 0.1) is 5.82 Å². The van der Waals surface area contributed by atoms with Crippen molar-refractivity contribution in [2.75, 3.05) is 0 Å². The molecule has 8 nitrogen and oxygen atoms in total. The zero-order valence-electron chi connectivity index (χ0n) is 12.1. The number of rotatable bonds is 6. The molecule has 2 rings (SSSR count). The number of hydrogen-bond donors (Lipinski definition) is 3. The number of amides is 1. The average molecular weight is 333 g/mol. The van der Waals surface area contributed by atoms with Crippen molar-refractivity contribution >= 4 is 17.8 Å². The fourth-order valence-corrected chi connectivity index (χ4v) is 2.04. The van der Waals surface area contributed by atoms with Crippen molar-refractivity contribution in [3.63, 3.8) is 0 Å². The van der Waals surface area contributed by atoms with Gasteiger partial charge in [-0.1, -0.05) is 12.1 Å². The van der Waals surface area contributed by atoms with E-state index in [1.807, 2.05) is 0 Å². The van der Waals surface area contributed by atoms with Crippen molar-refractivity contribution in [2.45, 2.75) is 12.5 Å². The first-order chi connectivity index (χ1) is 11.4. The number of aromatic nitrogens is 2. The maximum absolute atomic E-state index is 13.3. The molecule has 0 spiro atoms. The first-order valence-corrected chi connectivity index (χ1v) is 6.71. The Labute approximate surface area is 135 Å². The molecule has 124 valence electrons. The SMILES string of the molecule is O=C(O)CC(NC(=O)c1nccnc1C(=O)O)c1cccc(F)c1. The van der Waals surface area contributed by atoms with Gasteiger partial charge in [-0.25, -0.2) is 19.2 Å². The highest BCUT2D eigenvalue weighted by molar-refractivity contribution is 6.02. The molecule has 1 amide bonds. The summed E-state index contributed by atoms with van der Waals surface area (Å²) in [5.41, 5.74) is -0.799. The average Bonchev–Trinajstić information content (AvgIpc) is 2.53. The van der Waals surface area contributed by atoms with Gasteiger partial charge in [0, 0.05) is 12.4 Å². The van der Waals surface area contributed by atoms with Gasteiger partial charge in [-0.05, 0) is 17.7 Å². The minimum Gasteiger partial charge on any atom is -0.481 e. The first kappa shape index (κ1) is 17.0. The minimum atomic E-state index is -1.45. The third kappa shape index (κ3) is 4.09. The first-order valence-electron chi connectivity index (χ1n) is 6.71. The molecule has 0 saturated carbocycles. The van der Waals surface area contributed by atoms with Crippen molar-refractivity contribution < 1.29 is 29.0 Å². The topological polar surface area (TPSA) is 129 Å². The molecule has 2 aromatic rings. The molecule has 0 aliphatic carbocycles. The van der Waals surface area contributed by atoms with E-state index < -0.39 is 47.5 Å². The van der Waals surface area contributed by atoms with Crippen molar-refractivity contribution in [3.8, 4) is 0 Å². The van der Waals surface area contributed by atoms with E-state index in [1.165, 1.54) is 18.2 Å². The maximum Gasteiger partial charge on any atom is 0.356 e. The number of carbonyl (C=O) groups is 3. The summed E-state index contributed by atoms with van der Waals surface area (Å²) in [6.07, 6.45) is 1.73. The number of nitrogens with zero attached hydrogens (tertiary/aromatic N) is 2. The number of carbonyl (C=O) groups excluding carboxylic acids is 1. The second-order valence-corrected chi connectivity index (χ2v) is 4.74. The summed E-state index contributed by atoms with van der Waals surface area (Å²) in [5.74, 6) is -4.19. The molecule has 0 saturated heterocycles. The number of aromatic carboxylic acids is 1. The normalized spacial score (nSPS) is 11.5. The van der Waals surface area contributed by atoms with E-state index in [0.717, 1.165) is 18.5 Å². The Bertz CT molecular complexity index is 796. The van der Waals surface area contributed by atoms with Gasteiger partial charge in [0.1, 0.15) is 5.82 Å². The Morgan fingerprint density at radius 1 is 1.12 bits per heavy atom. The summed E-state index contributed by atoms with van der Waals surface area (Å²) in [5, 5.41) is 20.3. The van der Waals surface area contributed by atoms with Gasteiger partial charge in [-0.15, -0.1) is 0 Å². The van der Waals surface area contributed by atoms with Gasteiger partial charge < -0.3 is 15.5 Å². The number of nitrogens with one attached hydrogen (secondary N) is 1. The molecule has 3 N–H and O–H groups in total. The van der Waals surface area contributed by atoms with E-state index in [4.69, 9.17) is 10.2 Å². The fourth-order valence-electron chi connectivity index (χ4n) is 2.04. The number of halogens is 1. The summed E-state index contributed by atoms with van der Waals surface area (Å²) in [4.78, 5) is 41.6. The van der Waals surface area contributed by atoms with Crippen molar-refractivity contribution in [1.29, 1.82) is 0 Å². The lowest BCUT2D eigenvalue weighted by Gasteiger charge is -2.17. The van der Waals surface area contributed by atoms with Gasteiger partial charge in [0.2, 0.25) is 0 Å². The summed E-state index contributed by atoms with van der Waals surface area (Å²) < 4.78 is 13.3. The second kappa shape index (κ2) is 7.27. The van der Waals surface area contributed by atoms with Crippen LogP contribution in [0.25, 0.3) is 0 Å². The maximum atomic E-state index is 13.3. The molecular weight excluding hydrogens is 321 g/mol. The van der Waals surface area contributed by atoms with Gasteiger partial charge >= 0.3 is 11.9 Å². The third-order valence-electron chi connectivity index (χ3n) is 3.05. The van der Waals surface area contributed by atoms with Gasteiger partial charge in [-0.3, -0.25) is 9.59 Å². The smallest absolute Gasteiger partial charge is 0.356 e. The lowest BCUT2D eigenvalue weighted by atomic mass is 10.0. The molecule has 1 aromatic heterocycles. The molecule has 24 heavy (non-hydrogen) atoms. The molecule has 0 fully saturated rings. The second-order valence-electron chi connectivity index (χ2n) is 4.74. The molecule has 1 atom stereocenters. The Morgan fingerprint density at radius 2 is 1.79 bits per heavy atom. The van der Waals surface area contributed by atoms with Crippen LogP contribution >= 0.6 is 0 Å². The monoisotopic (exact) mass is 333 g/mol. The highest BCUT2D eigenvalue weighted by Gasteiger charge is 2.24. The minimum absolute atomic E-state index is 0.228. The zero-order chi connectivity index (χ0) is 17.7. The predicted octanol–water partition coefficient (Wildman–Crippen LogP) is 1.26. The summed E-state index contributed by atoms with van der Waals surface area (Å²) in [7, 11) is 0. The predicted molar refractivity (Wildman–Crippen MR) is 77.9 cm³/mol. The molecule has 0 aliphatic rings. The molecule has 0 aliphatic heterocycles. The molecule has 9 heteroatoms. The van der Waals surface area contributed by atoms with Gasteiger partial charge in [0.15, 0.2) is 11.4 Å². The van der Waals surface area contributed by atoms with E-state index >= 15 is 0 Å². The van der Waals surface area contributed by atoms with Gasteiger partial charge in [-0.2, -0.15) is 0 Å². The van der Waals surface area contributed by atoms with Crippen molar-refractivity contribution in [3.05, 3.63) is 59.4 Å². The molecule has 0 radical (unpaired) electrons. The van der Waals surface area contributed by atoms with Crippen molar-refractivity contribution in [1.82, 2.24) is 15.3 Å². The van der Waals surface area contributed by atoms with E-state index in [9.17, 15) is 18.8 Å². The summed E-state index contributed by atoms with van der Waals surface area (Å²) in [6, 6.07) is 4.02. The summed E-state index contributed by atoms with van der Waals surface area (Å²) in [6.45, 7) is 0. The molecule has 1 heterocycles. The van der Waals surface area contributed by atoms with E-state index in [2.05, 4.69) is 15.3 Å². The van der Waals surface area contributed by atoms with Crippen LogP contribution in [0.15, 0.2) is 36.7 Å². The van der Waals surface area contributed by atoms with E-state index in [0.29, 0.717) is 0 Å². The highest BCUT2D eigenvalue weighted by Crippen LogP contribution is 2.19. The van der Waals surface area contributed by atoms with Crippen LogP contribution in [-0.2, 0) is 4.79 Å². The Kier molecular flexibility index (Phi) is 5.15. The van der Waals surface area contributed by atoms with Crippen LogP contribution in [0.5, 0.6) is 0 Å². The number of benzene rings is 1. The number of hydrogen-bond acceptors (Lipinski definition) is 5. The highest BCUT2D eigenvalue weighted by atomic mass is 19.1. The molecular formula is C15H12FN3O5.